The van der Waals surface area contributed by atoms with Gasteiger partial charge in [0.05, 0.1) is 44.8 Å². The lowest BCUT2D eigenvalue weighted by Gasteiger charge is -2.13. The van der Waals surface area contributed by atoms with Crippen molar-refractivity contribution in [2.24, 2.45) is 0 Å². The average molecular weight is 945 g/mol. The lowest BCUT2D eigenvalue weighted by Crippen LogP contribution is -1.96. The van der Waals surface area contributed by atoms with Crippen molar-refractivity contribution in [2.75, 3.05) is 0 Å². The summed E-state index contributed by atoms with van der Waals surface area (Å²) in [5, 5.41) is 4.84. The van der Waals surface area contributed by atoms with Crippen molar-refractivity contribution in [1.82, 2.24) is 19.1 Å². The molecule has 4 heteroatoms. The quantitative estimate of drug-likeness (QED) is 0.121. The molecular weight excluding hydrogens is 897 g/mol. The molecule has 4 nitrogen and oxygen atoms in total. The maximum atomic E-state index is 5.22. The van der Waals surface area contributed by atoms with Crippen LogP contribution in [0.25, 0.3) is 128 Å². The van der Waals surface area contributed by atoms with Crippen LogP contribution >= 0.6 is 0 Å². The van der Waals surface area contributed by atoms with Crippen molar-refractivity contribution >= 4 is 49.2 Å². The summed E-state index contributed by atoms with van der Waals surface area (Å²) in [5.74, 6) is 0. The van der Waals surface area contributed by atoms with Gasteiger partial charge in [-0.25, -0.2) is 9.97 Å². The molecule has 0 amide bonds. The monoisotopic (exact) mass is 944 g/mol. The third-order valence-corrected chi connectivity index (χ3v) is 14.3. The van der Waals surface area contributed by atoms with Crippen LogP contribution in [0.1, 0.15) is 5.69 Å². The molecule has 0 saturated heterocycles. The molecule has 0 aliphatic rings. The molecule has 9 aromatic carbocycles. The van der Waals surface area contributed by atoms with Gasteiger partial charge in [0.25, 0.3) is 0 Å². The summed E-state index contributed by atoms with van der Waals surface area (Å²) in [6.45, 7) is 8.02. The molecule has 13 rings (SSSR count). The number of allylic oxidation sites excluding steroid dienone is 4. The van der Waals surface area contributed by atoms with E-state index in [1.54, 1.807) is 6.08 Å². The molecule has 4 heterocycles. The third-order valence-electron chi connectivity index (χ3n) is 14.3. The molecule has 0 fully saturated rings. The largest absolute Gasteiger partial charge is 0.309 e. The SMILES string of the molecule is C=C/C=C(\C=C)c1cc(-c2ccccc2)cc(-c2ccc(-n3c4ccccc4c4ccc(-c5ccc6c7ccccc7n(-c7ccc(-c8cc(-c9ccccc9)cc(-c9ccccc9)n8)cc7)c6c5)cc43)cc2)n1. The number of nitrogens with zero attached hydrogens (tertiary/aromatic N) is 4. The van der Waals surface area contributed by atoms with Gasteiger partial charge in [-0.2, -0.15) is 0 Å². The zero-order valence-corrected chi connectivity index (χ0v) is 40.6. The van der Waals surface area contributed by atoms with Crippen molar-refractivity contribution in [3.8, 4) is 78.5 Å². The molecule has 348 valence electrons. The van der Waals surface area contributed by atoms with E-state index >= 15 is 0 Å². The first-order chi connectivity index (χ1) is 36.6. The molecule has 74 heavy (non-hydrogen) atoms. The van der Waals surface area contributed by atoms with Crippen LogP contribution in [-0.4, -0.2) is 19.1 Å². The Balaban J connectivity index is 0.894. The van der Waals surface area contributed by atoms with Crippen molar-refractivity contribution < 1.29 is 0 Å². The van der Waals surface area contributed by atoms with Gasteiger partial charge < -0.3 is 9.13 Å². The van der Waals surface area contributed by atoms with E-state index in [0.29, 0.717) is 0 Å². The minimum absolute atomic E-state index is 0.850. The zero-order valence-electron chi connectivity index (χ0n) is 40.6. The summed E-state index contributed by atoms with van der Waals surface area (Å²) in [5.41, 5.74) is 21.3. The minimum atomic E-state index is 0.850. The highest BCUT2D eigenvalue weighted by Crippen LogP contribution is 2.40. The molecule has 0 saturated carbocycles. The first-order valence-electron chi connectivity index (χ1n) is 25.0. The van der Waals surface area contributed by atoms with Crippen LogP contribution in [0.2, 0.25) is 0 Å². The van der Waals surface area contributed by atoms with Gasteiger partial charge in [0.1, 0.15) is 0 Å². The molecule has 0 unspecified atom stereocenters. The van der Waals surface area contributed by atoms with Crippen LogP contribution in [0.3, 0.4) is 0 Å². The highest BCUT2D eigenvalue weighted by molar-refractivity contribution is 6.12. The van der Waals surface area contributed by atoms with E-state index in [4.69, 9.17) is 9.97 Å². The number of para-hydroxylation sites is 2. The Hall–Kier alpha value is -9.90. The number of hydrogen-bond acceptors (Lipinski definition) is 2. The number of aromatic nitrogens is 4. The number of hydrogen-bond donors (Lipinski definition) is 0. The zero-order chi connectivity index (χ0) is 49.5. The van der Waals surface area contributed by atoms with Crippen LogP contribution in [-0.2, 0) is 0 Å². The van der Waals surface area contributed by atoms with E-state index in [9.17, 15) is 0 Å². The number of fused-ring (bicyclic) bond motifs is 6. The summed E-state index contributed by atoms with van der Waals surface area (Å²) < 4.78 is 4.80. The predicted molar refractivity (Wildman–Crippen MR) is 312 cm³/mol. The molecule has 0 spiro atoms. The van der Waals surface area contributed by atoms with Crippen LogP contribution in [0.4, 0.5) is 0 Å². The van der Waals surface area contributed by atoms with Gasteiger partial charge in [0.15, 0.2) is 0 Å². The van der Waals surface area contributed by atoms with Gasteiger partial charge >= 0.3 is 0 Å². The van der Waals surface area contributed by atoms with E-state index in [-0.39, 0.29) is 0 Å². The average Bonchev–Trinajstić information content (AvgIpc) is 3.99. The van der Waals surface area contributed by atoms with Crippen molar-refractivity contribution in [3.63, 3.8) is 0 Å². The second kappa shape index (κ2) is 18.7. The standard InChI is InChI=1S/C70H48N4/c1-3-18-47(4-2)63-41-55(48-19-8-5-9-20-48)43-65(71-63)51-29-35-57(36-30-51)73-67-27-16-14-25-59(67)61-39-33-53(45-69(61)73)54-34-40-62-60-26-15-17-28-68(60)74(70(62)46-54)58-37-31-52(32-38-58)66-44-56(49-21-10-6-11-22-49)42-64(72-66)50-23-12-7-13-24-50/h3-46H,1-2H2/b47-18+. The fourth-order valence-electron chi connectivity index (χ4n) is 10.7. The lowest BCUT2D eigenvalue weighted by atomic mass is 9.99. The van der Waals surface area contributed by atoms with Gasteiger partial charge in [-0.1, -0.05) is 207 Å². The number of rotatable bonds is 11. The Morgan fingerprint density at radius 2 is 0.689 bits per heavy atom. The van der Waals surface area contributed by atoms with Crippen molar-refractivity contribution in [2.45, 2.75) is 0 Å². The Morgan fingerprint density at radius 3 is 1.15 bits per heavy atom. The Bertz CT molecular complexity index is 4240. The Kier molecular flexibility index (Phi) is 11.1. The summed E-state index contributed by atoms with van der Waals surface area (Å²) in [7, 11) is 0. The Morgan fingerprint density at radius 1 is 0.311 bits per heavy atom. The second-order valence-corrected chi connectivity index (χ2v) is 18.7. The van der Waals surface area contributed by atoms with E-state index in [0.717, 1.165) is 112 Å². The molecule has 13 aromatic rings. The van der Waals surface area contributed by atoms with Gasteiger partial charge in [-0.3, -0.25) is 0 Å². The highest BCUT2D eigenvalue weighted by atomic mass is 15.0. The maximum Gasteiger partial charge on any atom is 0.0715 e. The summed E-state index contributed by atoms with van der Waals surface area (Å²) in [6.07, 6.45) is 5.57. The van der Waals surface area contributed by atoms with Crippen LogP contribution in [0.15, 0.2) is 280 Å². The molecule has 0 aliphatic carbocycles. The van der Waals surface area contributed by atoms with Gasteiger partial charge in [0.2, 0.25) is 0 Å². The normalized spacial score (nSPS) is 11.7. The molecule has 0 aliphatic heterocycles. The smallest absolute Gasteiger partial charge is 0.0715 e. The number of pyridine rings is 2. The van der Waals surface area contributed by atoms with Crippen molar-refractivity contribution in [3.05, 3.63) is 286 Å². The first-order valence-corrected chi connectivity index (χ1v) is 25.0. The van der Waals surface area contributed by atoms with E-state index in [1.807, 2.05) is 24.3 Å². The van der Waals surface area contributed by atoms with Gasteiger partial charge in [-0.15, -0.1) is 0 Å². The van der Waals surface area contributed by atoms with E-state index < -0.39 is 0 Å². The topological polar surface area (TPSA) is 35.6 Å². The molecule has 0 radical (unpaired) electrons. The number of benzene rings is 9. The van der Waals surface area contributed by atoms with Crippen LogP contribution < -0.4 is 0 Å². The molecule has 0 N–H and O–H groups in total. The van der Waals surface area contributed by atoms with Crippen LogP contribution in [0, 0.1) is 0 Å². The summed E-state index contributed by atoms with van der Waals surface area (Å²) >= 11 is 0. The predicted octanol–water partition coefficient (Wildman–Crippen LogP) is 18.4. The van der Waals surface area contributed by atoms with Crippen molar-refractivity contribution in [1.29, 1.82) is 0 Å². The Labute approximate surface area is 430 Å². The molecule has 4 aromatic heterocycles. The molecule has 0 atom stereocenters. The van der Waals surface area contributed by atoms with E-state index in [2.05, 4.69) is 259 Å². The highest BCUT2D eigenvalue weighted by Gasteiger charge is 2.18. The van der Waals surface area contributed by atoms with Gasteiger partial charge in [0, 0.05) is 49.6 Å². The van der Waals surface area contributed by atoms with Gasteiger partial charge in [-0.05, 0) is 112 Å². The lowest BCUT2D eigenvalue weighted by molar-refractivity contribution is 1.18. The molecule has 0 bridgehead atoms. The fourth-order valence-corrected chi connectivity index (χ4v) is 10.7. The second-order valence-electron chi connectivity index (χ2n) is 18.7. The minimum Gasteiger partial charge on any atom is -0.309 e. The van der Waals surface area contributed by atoms with E-state index in [1.165, 1.54) is 21.5 Å². The molecular formula is C70H48N4. The maximum absolute atomic E-state index is 5.22. The summed E-state index contributed by atoms with van der Waals surface area (Å²) in [4.78, 5) is 10.4. The third kappa shape index (κ3) is 7.92. The fraction of sp³-hybridized carbons (Fsp3) is 0. The summed E-state index contributed by atoms with van der Waals surface area (Å²) in [6, 6.07) is 89.1. The first kappa shape index (κ1) is 44.1. The van der Waals surface area contributed by atoms with Crippen LogP contribution in [0.5, 0.6) is 0 Å².